The third-order valence-corrected chi connectivity index (χ3v) is 2.08. The highest BCUT2D eigenvalue weighted by Gasteiger charge is 2.10. The maximum atomic E-state index is 10.7. The average Bonchev–Trinajstić information content (AvgIpc) is 2.11. The minimum absolute atomic E-state index is 0.237. The van der Waals surface area contributed by atoms with Gasteiger partial charge in [-0.1, -0.05) is 12.1 Å². The van der Waals surface area contributed by atoms with Gasteiger partial charge < -0.3 is 16.6 Å². The highest BCUT2D eigenvalue weighted by atomic mass is 16.3. The molecule has 0 aromatic heterocycles. The average molecular weight is 194 g/mol. The maximum Gasteiger partial charge on any atom is 0.234 e. The van der Waals surface area contributed by atoms with E-state index in [1.807, 2.05) is 0 Å². The SMILES string of the molecule is Cc1cc(CC(N)C(N)=O)ccc1O. The summed E-state index contributed by atoms with van der Waals surface area (Å²) in [6.45, 7) is 1.79. The van der Waals surface area contributed by atoms with Crippen molar-refractivity contribution in [2.45, 2.75) is 19.4 Å². The number of carbonyl (C=O) groups excluding carboxylic acids is 1. The molecule has 5 N–H and O–H groups in total. The van der Waals surface area contributed by atoms with Crippen molar-refractivity contribution in [3.8, 4) is 5.75 Å². The second-order valence-corrected chi connectivity index (χ2v) is 3.33. The van der Waals surface area contributed by atoms with Crippen LogP contribution < -0.4 is 11.5 Å². The molecule has 1 aromatic carbocycles. The van der Waals surface area contributed by atoms with E-state index in [1.54, 1.807) is 25.1 Å². The van der Waals surface area contributed by atoms with Gasteiger partial charge in [-0.05, 0) is 30.5 Å². The molecule has 0 aliphatic carbocycles. The minimum atomic E-state index is -0.668. The van der Waals surface area contributed by atoms with Crippen LogP contribution in [0.5, 0.6) is 5.75 Å². The van der Waals surface area contributed by atoms with Crippen LogP contribution in [0.25, 0.3) is 0 Å². The van der Waals surface area contributed by atoms with E-state index in [2.05, 4.69) is 0 Å². The van der Waals surface area contributed by atoms with Crippen molar-refractivity contribution in [3.63, 3.8) is 0 Å². The monoisotopic (exact) mass is 194 g/mol. The van der Waals surface area contributed by atoms with Crippen molar-refractivity contribution in [2.24, 2.45) is 11.5 Å². The molecule has 14 heavy (non-hydrogen) atoms. The molecule has 0 aliphatic heterocycles. The summed E-state index contributed by atoms with van der Waals surface area (Å²) in [5, 5.41) is 9.26. The van der Waals surface area contributed by atoms with Crippen LogP contribution in [0.4, 0.5) is 0 Å². The van der Waals surface area contributed by atoms with Crippen LogP contribution in [0.3, 0.4) is 0 Å². The Morgan fingerprint density at radius 3 is 2.71 bits per heavy atom. The number of amides is 1. The summed E-state index contributed by atoms with van der Waals surface area (Å²) in [5.41, 5.74) is 12.2. The molecule has 4 heteroatoms. The summed E-state index contributed by atoms with van der Waals surface area (Å²) >= 11 is 0. The highest BCUT2D eigenvalue weighted by Crippen LogP contribution is 2.17. The van der Waals surface area contributed by atoms with Crippen molar-refractivity contribution >= 4 is 5.91 Å². The number of primary amides is 1. The number of hydrogen-bond donors (Lipinski definition) is 3. The normalized spacial score (nSPS) is 12.4. The van der Waals surface area contributed by atoms with Crippen molar-refractivity contribution < 1.29 is 9.90 Å². The molecule has 0 radical (unpaired) electrons. The molecule has 1 atom stereocenters. The highest BCUT2D eigenvalue weighted by molar-refractivity contribution is 5.79. The first-order valence-electron chi connectivity index (χ1n) is 4.34. The van der Waals surface area contributed by atoms with Crippen molar-refractivity contribution in [1.29, 1.82) is 0 Å². The van der Waals surface area contributed by atoms with Gasteiger partial charge in [0.05, 0.1) is 6.04 Å². The molecule has 0 saturated heterocycles. The number of phenols is 1. The lowest BCUT2D eigenvalue weighted by Gasteiger charge is -2.08. The Hall–Kier alpha value is -1.55. The van der Waals surface area contributed by atoms with E-state index in [4.69, 9.17) is 11.5 Å². The molecular formula is C10H14N2O2. The Morgan fingerprint density at radius 2 is 2.21 bits per heavy atom. The van der Waals surface area contributed by atoms with Crippen LogP contribution in [-0.4, -0.2) is 17.1 Å². The fraction of sp³-hybridized carbons (Fsp3) is 0.300. The predicted molar refractivity (Wildman–Crippen MR) is 53.7 cm³/mol. The van der Waals surface area contributed by atoms with Gasteiger partial charge in [-0.15, -0.1) is 0 Å². The van der Waals surface area contributed by atoms with Gasteiger partial charge in [-0.3, -0.25) is 4.79 Å². The molecule has 0 fully saturated rings. The third-order valence-electron chi connectivity index (χ3n) is 2.08. The largest absolute Gasteiger partial charge is 0.508 e. The Labute approximate surface area is 82.5 Å². The number of benzene rings is 1. The van der Waals surface area contributed by atoms with E-state index in [-0.39, 0.29) is 5.75 Å². The van der Waals surface area contributed by atoms with Crippen molar-refractivity contribution in [3.05, 3.63) is 29.3 Å². The summed E-state index contributed by atoms with van der Waals surface area (Å²) in [5.74, 6) is -0.280. The summed E-state index contributed by atoms with van der Waals surface area (Å²) in [6, 6.07) is 4.43. The van der Waals surface area contributed by atoms with Gasteiger partial charge in [-0.25, -0.2) is 0 Å². The predicted octanol–water partition coefficient (Wildman–Crippen LogP) is 0.0557. The fourth-order valence-corrected chi connectivity index (χ4v) is 1.20. The quantitative estimate of drug-likeness (QED) is 0.635. The van der Waals surface area contributed by atoms with E-state index in [0.29, 0.717) is 6.42 Å². The Balaban J connectivity index is 2.78. The summed E-state index contributed by atoms with van der Waals surface area (Å²) in [6.07, 6.45) is 0.399. The standard InChI is InChI=1S/C10H14N2O2/c1-6-4-7(2-3-9(6)13)5-8(11)10(12)14/h2-4,8,13H,5,11H2,1H3,(H2,12,14). The molecule has 0 spiro atoms. The van der Waals surface area contributed by atoms with Gasteiger partial charge >= 0.3 is 0 Å². The lowest BCUT2D eigenvalue weighted by atomic mass is 10.0. The zero-order chi connectivity index (χ0) is 10.7. The van der Waals surface area contributed by atoms with E-state index >= 15 is 0 Å². The number of aromatic hydroxyl groups is 1. The van der Waals surface area contributed by atoms with E-state index in [1.165, 1.54) is 0 Å². The second-order valence-electron chi connectivity index (χ2n) is 3.33. The Bertz CT molecular complexity index is 350. The summed E-state index contributed by atoms with van der Waals surface area (Å²) < 4.78 is 0. The smallest absolute Gasteiger partial charge is 0.234 e. The van der Waals surface area contributed by atoms with Crippen LogP contribution in [0.15, 0.2) is 18.2 Å². The molecule has 0 bridgehead atoms. The first-order valence-corrected chi connectivity index (χ1v) is 4.34. The van der Waals surface area contributed by atoms with E-state index in [9.17, 15) is 9.90 Å². The number of phenolic OH excluding ortho intramolecular Hbond substituents is 1. The van der Waals surface area contributed by atoms with E-state index < -0.39 is 11.9 Å². The molecule has 1 rings (SSSR count). The Kier molecular flexibility index (Phi) is 3.09. The summed E-state index contributed by atoms with van der Waals surface area (Å²) in [4.78, 5) is 10.7. The lowest BCUT2D eigenvalue weighted by molar-refractivity contribution is -0.119. The second kappa shape index (κ2) is 4.11. The molecule has 0 heterocycles. The van der Waals surface area contributed by atoms with Crippen LogP contribution in [0, 0.1) is 6.92 Å². The molecule has 1 unspecified atom stereocenters. The van der Waals surface area contributed by atoms with Crippen molar-refractivity contribution in [2.75, 3.05) is 0 Å². The van der Waals surface area contributed by atoms with Gasteiger partial charge in [0.25, 0.3) is 0 Å². The minimum Gasteiger partial charge on any atom is -0.508 e. The number of aryl methyl sites for hydroxylation is 1. The summed E-state index contributed by atoms with van der Waals surface area (Å²) in [7, 11) is 0. The molecular weight excluding hydrogens is 180 g/mol. The molecule has 76 valence electrons. The fourth-order valence-electron chi connectivity index (χ4n) is 1.20. The first-order chi connectivity index (χ1) is 6.50. The molecule has 1 amide bonds. The van der Waals surface area contributed by atoms with Crippen LogP contribution >= 0.6 is 0 Å². The van der Waals surface area contributed by atoms with Crippen LogP contribution in [-0.2, 0) is 11.2 Å². The molecule has 1 aromatic rings. The first kappa shape index (κ1) is 10.5. The van der Waals surface area contributed by atoms with Gasteiger partial charge in [0, 0.05) is 0 Å². The number of nitrogens with two attached hydrogens (primary N) is 2. The third kappa shape index (κ3) is 2.47. The van der Waals surface area contributed by atoms with E-state index in [0.717, 1.165) is 11.1 Å². The van der Waals surface area contributed by atoms with Gasteiger partial charge in [0.15, 0.2) is 0 Å². The zero-order valence-corrected chi connectivity index (χ0v) is 8.03. The molecule has 4 nitrogen and oxygen atoms in total. The zero-order valence-electron chi connectivity index (χ0n) is 8.03. The van der Waals surface area contributed by atoms with Gasteiger partial charge in [0.1, 0.15) is 5.75 Å². The van der Waals surface area contributed by atoms with Gasteiger partial charge in [0.2, 0.25) is 5.91 Å². The van der Waals surface area contributed by atoms with Crippen LogP contribution in [0.2, 0.25) is 0 Å². The van der Waals surface area contributed by atoms with Gasteiger partial charge in [-0.2, -0.15) is 0 Å². The topological polar surface area (TPSA) is 89.3 Å². The number of rotatable bonds is 3. The molecule has 0 aliphatic rings. The number of carbonyl (C=O) groups is 1. The molecule has 0 saturated carbocycles. The Morgan fingerprint density at radius 1 is 1.57 bits per heavy atom. The van der Waals surface area contributed by atoms with Crippen molar-refractivity contribution in [1.82, 2.24) is 0 Å². The maximum absolute atomic E-state index is 10.7. The lowest BCUT2D eigenvalue weighted by Crippen LogP contribution is -2.38. The number of hydrogen-bond acceptors (Lipinski definition) is 3. The van der Waals surface area contributed by atoms with Crippen LogP contribution in [0.1, 0.15) is 11.1 Å².